The van der Waals surface area contributed by atoms with Crippen molar-refractivity contribution in [3.63, 3.8) is 0 Å². The van der Waals surface area contributed by atoms with Crippen molar-refractivity contribution in [3.8, 4) is 0 Å². The molecule has 1 aliphatic heterocycles. The monoisotopic (exact) mass is 391 g/mol. The van der Waals surface area contributed by atoms with Gasteiger partial charge >= 0.3 is 6.03 Å². The molecular formula is C24H26FN3O. The van der Waals surface area contributed by atoms with Gasteiger partial charge in [-0.05, 0) is 48.6 Å². The number of halogens is 1. The molecule has 5 rings (SSSR count). The Kier molecular flexibility index (Phi) is 4.74. The second-order valence-corrected chi connectivity index (χ2v) is 8.24. The fourth-order valence-electron chi connectivity index (χ4n) is 4.96. The van der Waals surface area contributed by atoms with Gasteiger partial charge in [-0.1, -0.05) is 49.6 Å². The lowest BCUT2D eigenvalue weighted by Crippen LogP contribution is -2.49. The molecule has 1 fully saturated rings. The number of urea groups is 1. The number of benzene rings is 2. The average molecular weight is 391 g/mol. The van der Waals surface area contributed by atoms with E-state index in [1.165, 1.54) is 42.3 Å². The normalized spacial score (nSPS) is 19.9. The molecule has 29 heavy (non-hydrogen) atoms. The van der Waals surface area contributed by atoms with Crippen LogP contribution in [-0.4, -0.2) is 28.5 Å². The number of para-hydroxylation sites is 1. The van der Waals surface area contributed by atoms with E-state index in [-0.39, 0.29) is 23.9 Å². The van der Waals surface area contributed by atoms with Crippen molar-refractivity contribution in [2.24, 2.45) is 0 Å². The number of carbonyl (C=O) groups is 1. The Morgan fingerprint density at radius 3 is 2.59 bits per heavy atom. The van der Waals surface area contributed by atoms with Gasteiger partial charge in [0.25, 0.3) is 0 Å². The van der Waals surface area contributed by atoms with Crippen molar-refractivity contribution in [2.75, 3.05) is 6.54 Å². The first-order chi connectivity index (χ1) is 14.2. The molecule has 0 saturated heterocycles. The lowest BCUT2D eigenvalue weighted by atomic mass is 9.92. The highest BCUT2D eigenvalue weighted by Gasteiger charge is 2.35. The van der Waals surface area contributed by atoms with Crippen LogP contribution in [0.4, 0.5) is 9.18 Å². The number of aromatic amines is 1. The van der Waals surface area contributed by atoms with Crippen LogP contribution in [0.1, 0.15) is 55.0 Å². The molecule has 5 heteroatoms. The summed E-state index contributed by atoms with van der Waals surface area (Å²) in [6.45, 7) is 0.648. The van der Waals surface area contributed by atoms with E-state index in [0.29, 0.717) is 6.54 Å². The Hall–Kier alpha value is -2.82. The van der Waals surface area contributed by atoms with Gasteiger partial charge in [0, 0.05) is 29.2 Å². The van der Waals surface area contributed by atoms with Gasteiger partial charge in [0.2, 0.25) is 0 Å². The van der Waals surface area contributed by atoms with Crippen LogP contribution in [0.5, 0.6) is 0 Å². The van der Waals surface area contributed by atoms with Gasteiger partial charge in [-0.2, -0.15) is 0 Å². The number of hydrogen-bond donors (Lipinski definition) is 2. The molecular weight excluding hydrogens is 365 g/mol. The van der Waals surface area contributed by atoms with E-state index in [2.05, 4.69) is 22.4 Å². The lowest BCUT2D eigenvalue weighted by molar-refractivity contribution is 0.172. The van der Waals surface area contributed by atoms with Crippen molar-refractivity contribution >= 4 is 16.9 Å². The quantitative estimate of drug-likeness (QED) is 0.612. The maximum absolute atomic E-state index is 13.6. The molecule has 0 radical (unpaired) electrons. The van der Waals surface area contributed by atoms with Crippen molar-refractivity contribution < 1.29 is 9.18 Å². The number of hydrogen-bond acceptors (Lipinski definition) is 1. The predicted octanol–water partition coefficient (Wildman–Crippen LogP) is 5.30. The van der Waals surface area contributed by atoms with Gasteiger partial charge in [0.05, 0.1) is 6.04 Å². The first-order valence-electron chi connectivity index (χ1n) is 10.6. The molecule has 4 nitrogen and oxygen atoms in total. The highest BCUT2D eigenvalue weighted by molar-refractivity contribution is 5.86. The van der Waals surface area contributed by atoms with E-state index in [1.807, 2.05) is 17.0 Å². The maximum Gasteiger partial charge on any atom is 0.318 e. The van der Waals surface area contributed by atoms with E-state index in [9.17, 15) is 9.18 Å². The minimum absolute atomic E-state index is 0.0180. The van der Waals surface area contributed by atoms with E-state index < -0.39 is 0 Å². The third kappa shape index (κ3) is 3.39. The molecule has 2 N–H and O–H groups in total. The predicted molar refractivity (Wildman–Crippen MR) is 112 cm³/mol. The topological polar surface area (TPSA) is 48.1 Å². The largest absolute Gasteiger partial charge is 0.356 e. The molecule has 2 amide bonds. The Morgan fingerprint density at radius 1 is 1.03 bits per heavy atom. The number of carbonyl (C=O) groups excluding carboxylic acids is 1. The number of fused-ring (bicyclic) bond motifs is 3. The van der Waals surface area contributed by atoms with E-state index in [4.69, 9.17) is 0 Å². The number of aromatic nitrogens is 1. The number of nitrogens with one attached hydrogen (secondary N) is 2. The molecule has 1 aliphatic carbocycles. The average Bonchev–Trinajstić information content (AvgIpc) is 3.13. The third-order valence-corrected chi connectivity index (χ3v) is 6.41. The summed E-state index contributed by atoms with van der Waals surface area (Å²) in [5, 5.41) is 4.47. The van der Waals surface area contributed by atoms with Crippen molar-refractivity contribution in [1.29, 1.82) is 0 Å². The fraction of sp³-hybridized carbons (Fsp3) is 0.375. The van der Waals surface area contributed by atoms with Gasteiger partial charge < -0.3 is 15.2 Å². The summed E-state index contributed by atoms with van der Waals surface area (Å²) in [4.78, 5) is 18.7. The fourth-order valence-corrected chi connectivity index (χ4v) is 4.96. The molecule has 0 spiro atoms. The number of nitrogens with zero attached hydrogens (tertiary/aromatic N) is 1. The maximum atomic E-state index is 13.6. The van der Waals surface area contributed by atoms with Crippen LogP contribution < -0.4 is 5.32 Å². The van der Waals surface area contributed by atoms with E-state index in [1.54, 1.807) is 12.1 Å². The summed E-state index contributed by atoms with van der Waals surface area (Å²) in [6, 6.07) is 14.8. The van der Waals surface area contributed by atoms with E-state index >= 15 is 0 Å². The Morgan fingerprint density at radius 2 is 1.79 bits per heavy atom. The van der Waals surface area contributed by atoms with Gasteiger partial charge in [-0.3, -0.25) is 0 Å². The SMILES string of the molecule is O=C(NC1CCCCC1)N1CCc2c([nH]c3ccccc23)C1c1ccc(F)cc1. The molecule has 3 aromatic rings. The Bertz CT molecular complexity index is 1020. The summed E-state index contributed by atoms with van der Waals surface area (Å²) >= 11 is 0. The third-order valence-electron chi connectivity index (χ3n) is 6.41. The molecule has 0 bridgehead atoms. The van der Waals surface area contributed by atoms with Gasteiger partial charge in [-0.15, -0.1) is 0 Å². The van der Waals surface area contributed by atoms with Gasteiger partial charge in [0.15, 0.2) is 0 Å². The summed E-state index contributed by atoms with van der Waals surface area (Å²) in [5.41, 5.74) is 4.32. The standard InChI is InChI=1S/C24H26FN3O/c25-17-12-10-16(11-13-17)23-22-20(19-8-4-5-9-21(19)27-22)14-15-28(23)24(29)26-18-6-2-1-3-7-18/h4-5,8-13,18,23,27H,1-3,6-7,14-15H2,(H,26,29). The van der Waals surface area contributed by atoms with Crippen LogP contribution in [0, 0.1) is 5.82 Å². The number of H-pyrrole nitrogens is 1. The van der Waals surface area contributed by atoms with Crippen LogP contribution in [-0.2, 0) is 6.42 Å². The first kappa shape index (κ1) is 18.2. The van der Waals surface area contributed by atoms with Gasteiger partial charge in [0.1, 0.15) is 5.82 Å². The molecule has 1 atom stereocenters. The minimum Gasteiger partial charge on any atom is -0.356 e. The summed E-state index contributed by atoms with van der Waals surface area (Å²) in [5.74, 6) is -0.264. The zero-order valence-corrected chi connectivity index (χ0v) is 16.5. The van der Waals surface area contributed by atoms with Crippen molar-refractivity contribution in [1.82, 2.24) is 15.2 Å². The summed E-state index contributed by atoms with van der Waals surface area (Å²) < 4.78 is 13.6. The Labute approximate surface area is 170 Å². The highest BCUT2D eigenvalue weighted by Crippen LogP contribution is 2.38. The van der Waals surface area contributed by atoms with Crippen LogP contribution in [0.25, 0.3) is 10.9 Å². The minimum atomic E-state index is -0.264. The molecule has 2 aliphatic rings. The smallest absolute Gasteiger partial charge is 0.318 e. The van der Waals surface area contributed by atoms with Crippen LogP contribution in [0.2, 0.25) is 0 Å². The second kappa shape index (κ2) is 7.54. The zero-order valence-electron chi connectivity index (χ0n) is 16.5. The summed E-state index contributed by atoms with van der Waals surface area (Å²) in [6.07, 6.45) is 6.54. The molecule has 2 heterocycles. The highest BCUT2D eigenvalue weighted by atomic mass is 19.1. The van der Waals surface area contributed by atoms with Crippen molar-refractivity contribution in [3.05, 3.63) is 71.2 Å². The van der Waals surface area contributed by atoms with Crippen LogP contribution >= 0.6 is 0 Å². The van der Waals surface area contributed by atoms with Crippen LogP contribution in [0.15, 0.2) is 48.5 Å². The van der Waals surface area contributed by atoms with Gasteiger partial charge in [-0.25, -0.2) is 9.18 Å². The second-order valence-electron chi connectivity index (χ2n) is 8.24. The van der Waals surface area contributed by atoms with E-state index in [0.717, 1.165) is 36.0 Å². The molecule has 150 valence electrons. The summed E-state index contributed by atoms with van der Waals surface area (Å²) in [7, 11) is 0. The molecule has 1 saturated carbocycles. The molecule has 2 aromatic carbocycles. The zero-order chi connectivity index (χ0) is 19.8. The molecule has 1 unspecified atom stereocenters. The number of rotatable bonds is 2. The molecule has 1 aromatic heterocycles. The lowest BCUT2D eigenvalue weighted by Gasteiger charge is -2.37. The van der Waals surface area contributed by atoms with Crippen molar-refractivity contribution in [2.45, 2.75) is 50.6 Å². The number of amides is 2. The van der Waals surface area contributed by atoms with Crippen LogP contribution in [0.3, 0.4) is 0 Å². The Balaban J connectivity index is 1.53. The first-order valence-corrected chi connectivity index (χ1v) is 10.6.